The Kier molecular flexibility index (Phi) is 6.04. The van der Waals surface area contributed by atoms with E-state index in [0.29, 0.717) is 0 Å². The molecule has 0 aromatic heterocycles. The van der Waals surface area contributed by atoms with Crippen molar-refractivity contribution in [3.63, 3.8) is 0 Å². The van der Waals surface area contributed by atoms with Crippen LogP contribution in [0.4, 0.5) is 11.4 Å². The Morgan fingerprint density at radius 2 is 1.38 bits per heavy atom. The van der Waals surface area contributed by atoms with Gasteiger partial charge in [0.25, 0.3) is 0 Å². The van der Waals surface area contributed by atoms with Crippen molar-refractivity contribution in [3.8, 4) is 23.0 Å². The number of hydrogen-bond acceptors (Lipinski definition) is 6. The number of methoxy groups -OCH3 is 4. The highest BCUT2D eigenvalue weighted by molar-refractivity contribution is 5.72. The van der Waals surface area contributed by atoms with E-state index in [-0.39, 0.29) is 6.04 Å². The summed E-state index contributed by atoms with van der Waals surface area (Å²) < 4.78 is 22.3. The first-order chi connectivity index (χ1) is 15.5. The maximum absolute atomic E-state index is 5.77. The second-order valence-electron chi connectivity index (χ2n) is 8.08. The molecule has 1 heterocycles. The van der Waals surface area contributed by atoms with Crippen LogP contribution in [0.3, 0.4) is 0 Å². The molecule has 0 fully saturated rings. The van der Waals surface area contributed by atoms with Crippen LogP contribution in [0, 0.1) is 0 Å². The van der Waals surface area contributed by atoms with Gasteiger partial charge in [-0.15, -0.1) is 0 Å². The third-order valence-corrected chi connectivity index (χ3v) is 6.10. The van der Waals surface area contributed by atoms with Crippen LogP contribution in [-0.4, -0.2) is 28.4 Å². The van der Waals surface area contributed by atoms with Gasteiger partial charge in [0.05, 0.1) is 51.4 Å². The molecule has 0 unspecified atom stereocenters. The standard InChI is InChI=1S/C26H30N2O4/c1-26(20-13-11-18(30-3)15-25(20)32-5)16-23(27-21-8-6-7-9-22(21)28-26)19-12-10-17(29-2)14-24(19)31-4/h6-15,23,27-28H,16H2,1-5H3/t23-,26+/m1/s1. The van der Waals surface area contributed by atoms with Gasteiger partial charge in [0.1, 0.15) is 23.0 Å². The lowest BCUT2D eigenvalue weighted by molar-refractivity contribution is 0.368. The monoisotopic (exact) mass is 434 g/mol. The first kappa shape index (κ1) is 21.7. The van der Waals surface area contributed by atoms with Crippen molar-refractivity contribution in [1.82, 2.24) is 0 Å². The molecule has 168 valence electrons. The summed E-state index contributed by atoms with van der Waals surface area (Å²) in [6, 6.07) is 20.1. The number of ether oxygens (including phenoxy) is 4. The summed E-state index contributed by atoms with van der Waals surface area (Å²) in [5.74, 6) is 3.08. The largest absolute Gasteiger partial charge is 0.497 e. The molecule has 0 aliphatic carbocycles. The van der Waals surface area contributed by atoms with Crippen LogP contribution in [0.15, 0.2) is 60.7 Å². The van der Waals surface area contributed by atoms with Gasteiger partial charge in [-0.3, -0.25) is 0 Å². The first-order valence-corrected chi connectivity index (χ1v) is 10.6. The SMILES string of the molecule is COc1ccc([C@H]2C[C@@](C)(c3ccc(OC)cc3OC)Nc3ccccc3N2)c(OC)c1. The number of fused-ring (bicyclic) bond motifs is 1. The highest BCUT2D eigenvalue weighted by atomic mass is 16.5. The molecular formula is C26H30N2O4. The Morgan fingerprint density at radius 1 is 0.750 bits per heavy atom. The zero-order valence-corrected chi connectivity index (χ0v) is 19.2. The van der Waals surface area contributed by atoms with Crippen molar-refractivity contribution in [3.05, 3.63) is 71.8 Å². The van der Waals surface area contributed by atoms with Gasteiger partial charge in [-0.05, 0) is 49.7 Å². The van der Waals surface area contributed by atoms with E-state index in [9.17, 15) is 0 Å². The van der Waals surface area contributed by atoms with Gasteiger partial charge in [0, 0.05) is 23.3 Å². The van der Waals surface area contributed by atoms with E-state index in [2.05, 4.69) is 41.8 Å². The predicted molar refractivity (Wildman–Crippen MR) is 127 cm³/mol. The number of para-hydroxylation sites is 2. The maximum Gasteiger partial charge on any atom is 0.128 e. The van der Waals surface area contributed by atoms with Crippen molar-refractivity contribution in [2.45, 2.75) is 24.9 Å². The van der Waals surface area contributed by atoms with Crippen LogP contribution in [0.2, 0.25) is 0 Å². The third kappa shape index (κ3) is 4.00. The number of benzene rings is 3. The minimum absolute atomic E-state index is 0.0242. The second kappa shape index (κ2) is 8.91. The lowest BCUT2D eigenvalue weighted by Crippen LogP contribution is -2.34. The predicted octanol–water partition coefficient (Wildman–Crippen LogP) is 5.61. The smallest absolute Gasteiger partial charge is 0.128 e. The van der Waals surface area contributed by atoms with Gasteiger partial charge in [-0.25, -0.2) is 0 Å². The lowest BCUT2D eigenvalue weighted by Gasteiger charge is -2.34. The zero-order valence-electron chi connectivity index (χ0n) is 19.2. The summed E-state index contributed by atoms with van der Waals surface area (Å²) in [7, 11) is 6.69. The molecule has 0 saturated carbocycles. The molecule has 32 heavy (non-hydrogen) atoms. The van der Waals surface area contributed by atoms with Gasteiger partial charge in [-0.1, -0.05) is 12.1 Å². The summed E-state index contributed by atoms with van der Waals surface area (Å²) in [6.07, 6.45) is 0.743. The fourth-order valence-corrected chi connectivity index (χ4v) is 4.44. The first-order valence-electron chi connectivity index (χ1n) is 10.6. The van der Waals surface area contributed by atoms with Crippen LogP contribution in [0.1, 0.15) is 30.5 Å². The number of nitrogens with one attached hydrogen (secondary N) is 2. The summed E-state index contributed by atoms with van der Waals surface area (Å²) in [5.41, 5.74) is 3.74. The van der Waals surface area contributed by atoms with Gasteiger partial charge >= 0.3 is 0 Å². The molecule has 0 spiro atoms. The summed E-state index contributed by atoms with van der Waals surface area (Å²) >= 11 is 0. The molecule has 3 aromatic carbocycles. The highest BCUT2D eigenvalue weighted by Crippen LogP contribution is 2.47. The van der Waals surface area contributed by atoms with E-state index in [0.717, 1.165) is 51.9 Å². The Bertz CT molecular complexity index is 1100. The van der Waals surface area contributed by atoms with E-state index >= 15 is 0 Å². The van der Waals surface area contributed by atoms with Gasteiger partial charge in [-0.2, -0.15) is 0 Å². The molecule has 0 radical (unpaired) electrons. The van der Waals surface area contributed by atoms with E-state index < -0.39 is 5.54 Å². The molecule has 6 heteroatoms. The number of rotatable bonds is 6. The van der Waals surface area contributed by atoms with E-state index in [1.54, 1.807) is 28.4 Å². The van der Waals surface area contributed by atoms with Crippen molar-refractivity contribution in [2.75, 3.05) is 39.1 Å². The fourth-order valence-electron chi connectivity index (χ4n) is 4.44. The molecule has 1 aliphatic heterocycles. The Morgan fingerprint density at radius 3 is 2.03 bits per heavy atom. The molecule has 4 rings (SSSR count). The molecule has 0 saturated heterocycles. The molecule has 0 bridgehead atoms. The van der Waals surface area contributed by atoms with Gasteiger partial charge in [0.15, 0.2) is 0 Å². The van der Waals surface area contributed by atoms with E-state index in [4.69, 9.17) is 18.9 Å². The topological polar surface area (TPSA) is 61.0 Å². The third-order valence-electron chi connectivity index (χ3n) is 6.10. The second-order valence-corrected chi connectivity index (χ2v) is 8.08. The number of anilines is 2. The Hall–Kier alpha value is -3.54. The molecule has 2 atom stereocenters. The van der Waals surface area contributed by atoms with Crippen molar-refractivity contribution >= 4 is 11.4 Å². The van der Waals surface area contributed by atoms with Crippen LogP contribution < -0.4 is 29.6 Å². The minimum atomic E-state index is -0.438. The molecule has 6 nitrogen and oxygen atoms in total. The molecule has 3 aromatic rings. The van der Waals surface area contributed by atoms with E-state index in [1.165, 1.54) is 0 Å². The molecule has 2 N–H and O–H groups in total. The van der Waals surface area contributed by atoms with Crippen LogP contribution in [-0.2, 0) is 5.54 Å². The normalized spacial score (nSPS) is 19.6. The Balaban J connectivity index is 1.85. The van der Waals surface area contributed by atoms with E-state index in [1.807, 2.05) is 36.4 Å². The van der Waals surface area contributed by atoms with Crippen molar-refractivity contribution in [1.29, 1.82) is 0 Å². The van der Waals surface area contributed by atoms with Crippen molar-refractivity contribution < 1.29 is 18.9 Å². The zero-order chi connectivity index (χ0) is 22.7. The fraction of sp³-hybridized carbons (Fsp3) is 0.308. The van der Waals surface area contributed by atoms with Crippen molar-refractivity contribution in [2.24, 2.45) is 0 Å². The molecular weight excluding hydrogens is 404 g/mol. The van der Waals surface area contributed by atoms with Crippen LogP contribution in [0.5, 0.6) is 23.0 Å². The quantitative estimate of drug-likeness (QED) is 0.526. The average Bonchev–Trinajstić information content (AvgIpc) is 2.99. The van der Waals surface area contributed by atoms with Gasteiger partial charge < -0.3 is 29.6 Å². The summed E-state index contributed by atoms with van der Waals surface area (Å²) in [5, 5.41) is 7.50. The Labute approximate surface area is 189 Å². The minimum Gasteiger partial charge on any atom is -0.497 e. The summed E-state index contributed by atoms with van der Waals surface area (Å²) in [4.78, 5) is 0. The van der Waals surface area contributed by atoms with Crippen LogP contribution >= 0.6 is 0 Å². The number of hydrogen-bond donors (Lipinski definition) is 2. The van der Waals surface area contributed by atoms with Gasteiger partial charge in [0.2, 0.25) is 0 Å². The summed E-state index contributed by atoms with van der Waals surface area (Å²) in [6.45, 7) is 2.20. The average molecular weight is 435 g/mol. The molecule has 1 aliphatic rings. The lowest BCUT2D eigenvalue weighted by atomic mass is 9.83. The highest BCUT2D eigenvalue weighted by Gasteiger charge is 2.37. The van der Waals surface area contributed by atoms with Crippen LogP contribution in [0.25, 0.3) is 0 Å². The molecule has 0 amide bonds. The maximum atomic E-state index is 5.77.